The summed E-state index contributed by atoms with van der Waals surface area (Å²) in [5.74, 6) is -1.74. The summed E-state index contributed by atoms with van der Waals surface area (Å²) in [6.07, 6.45) is 0.853. The zero-order chi connectivity index (χ0) is 23.1. The zero-order valence-corrected chi connectivity index (χ0v) is 18.4. The van der Waals surface area contributed by atoms with Gasteiger partial charge in [0.15, 0.2) is 11.6 Å². The summed E-state index contributed by atoms with van der Waals surface area (Å²) in [4.78, 5) is 14.2. The molecule has 0 bridgehead atoms. The SMILES string of the molecule is CS(=O)(=O)Nc1ccc(CNC(=O)NC[C@H]2CN(Cc3ccc(F)c(F)c3)CCO2)cc1. The number of hydrogen-bond acceptors (Lipinski definition) is 5. The molecule has 8 nitrogen and oxygen atoms in total. The van der Waals surface area contributed by atoms with Crippen LogP contribution in [-0.2, 0) is 27.8 Å². The van der Waals surface area contributed by atoms with Gasteiger partial charge in [0.1, 0.15) is 0 Å². The maximum atomic E-state index is 13.4. The van der Waals surface area contributed by atoms with E-state index in [-0.39, 0.29) is 18.7 Å². The average molecular weight is 469 g/mol. The van der Waals surface area contributed by atoms with E-state index < -0.39 is 21.7 Å². The van der Waals surface area contributed by atoms with Crippen LogP contribution in [0, 0.1) is 11.6 Å². The van der Waals surface area contributed by atoms with Gasteiger partial charge < -0.3 is 15.4 Å². The highest BCUT2D eigenvalue weighted by Crippen LogP contribution is 2.14. The third-order valence-corrected chi connectivity index (χ3v) is 5.42. The molecule has 1 aliphatic rings. The summed E-state index contributed by atoms with van der Waals surface area (Å²) in [5.41, 5.74) is 1.93. The van der Waals surface area contributed by atoms with Gasteiger partial charge in [0.2, 0.25) is 10.0 Å². The molecule has 0 saturated carbocycles. The Morgan fingerprint density at radius 3 is 2.50 bits per heavy atom. The summed E-state index contributed by atoms with van der Waals surface area (Å²) < 4.78 is 57.0. The Hall–Kier alpha value is -2.76. The van der Waals surface area contributed by atoms with Crippen LogP contribution < -0.4 is 15.4 Å². The van der Waals surface area contributed by atoms with Crippen molar-refractivity contribution in [1.82, 2.24) is 15.5 Å². The summed E-state index contributed by atoms with van der Waals surface area (Å²) in [6.45, 7) is 2.73. The van der Waals surface area contributed by atoms with Crippen molar-refractivity contribution < 1.29 is 26.7 Å². The summed E-state index contributed by atoms with van der Waals surface area (Å²) in [6, 6.07) is 10.2. The molecule has 2 amide bonds. The minimum Gasteiger partial charge on any atom is -0.374 e. The molecule has 0 aliphatic carbocycles. The van der Waals surface area contributed by atoms with Crippen LogP contribution in [0.2, 0.25) is 0 Å². The molecular formula is C21H26F2N4O4S. The van der Waals surface area contributed by atoms with Gasteiger partial charge in [-0.05, 0) is 35.4 Å². The normalized spacial score (nSPS) is 17.0. The molecule has 0 unspecified atom stereocenters. The topological polar surface area (TPSA) is 99.8 Å². The van der Waals surface area contributed by atoms with Gasteiger partial charge in [-0.25, -0.2) is 22.0 Å². The quantitative estimate of drug-likeness (QED) is 0.551. The van der Waals surface area contributed by atoms with Gasteiger partial charge in [-0.3, -0.25) is 9.62 Å². The van der Waals surface area contributed by atoms with Crippen LogP contribution in [0.3, 0.4) is 0 Å². The Labute approximate surface area is 186 Å². The number of benzene rings is 2. The van der Waals surface area contributed by atoms with Gasteiger partial charge in [-0.15, -0.1) is 0 Å². The first-order valence-electron chi connectivity index (χ1n) is 10.0. The highest BCUT2D eigenvalue weighted by Gasteiger charge is 2.21. The number of nitrogens with one attached hydrogen (secondary N) is 3. The van der Waals surface area contributed by atoms with Gasteiger partial charge in [0.05, 0.1) is 19.0 Å². The Bertz CT molecular complexity index is 1030. The number of morpholine rings is 1. The molecule has 0 radical (unpaired) electrons. The van der Waals surface area contributed by atoms with E-state index in [9.17, 15) is 22.0 Å². The number of anilines is 1. The molecule has 174 valence electrons. The van der Waals surface area contributed by atoms with E-state index in [0.717, 1.165) is 17.9 Å². The third-order valence-electron chi connectivity index (χ3n) is 4.81. The maximum absolute atomic E-state index is 13.4. The summed E-state index contributed by atoms with van der Waals surface area (Å²) in [5, 5.41) is 5.50. The fraction of sp³-hybridized carbons (Fsp3) is 0.381. The Balaban J connectivity index is 1.40. The van der Waals surface area contributed by atoms with Gasteiger partial charge in [0.25, 0.3) is 0 Å². The van der Waals surface area contributed by atoms with E-state index in [1.54, 1.807) is 30.3 Å². The van der Waals surface area contributed by atoms with Crippen molar-refractivity contribution in [3.05, 3.63) is 65.2 Å². The Kier molecular flexibility index (Phi) is 7.99. The molecule has 1 aliphatic heterocycles. The maximum Gasteiger partial charge on any atom is 0.315 e. The van der Waals surface area contributed by atoms with E-state index in [1.165, 1.54) is 6.07 Å². The first-order chi connectivity index (χ1) is 15.2. The number of halogens is 2. The van der Waals surface area contributed by atoms with Crippen LogP contribution in [0.1, 0.15) is 11.1 Å². The molecule has 3 rings (SSSR count). The zero-order valence-electron chi connectivity index (χ0n) is 17.6. The Morgan fingerprint density at radius 1 is 1.09 bits per heavy atom. The molecule has 1 fully saturated rings. The lowest BCUT2D eigenvalue weighted by molar-refractivity contribution is -0.0287. The minimum atomic E-state index is -3.34. The smallest absolute Gasteiger partial charge is 0.315 e. The van der Waals surface area contributed by atoms with Crippen LogP contribution in [0.25, 0.3) is 0 Å². The molecule has 3 N–H and O–H groups in total. The van der Waals surface area contributed by atoms with Gasteiger partial charge >= 0.3 is 6.03 Å². The first kappa shape index (κ1) is 23.9. The molecule has 32 heavy (non-hydrogen) atoms. The number of amides is 2. The molecule has 1 atom stereocenters. The van der Waals surface area contributed by atoms with Gasteiger partial charge in [-0.2, -0.15) is 0 Å². The van der Waals surface area contributed by atoms with E-state index >= 15 is 0 Å². The predicted molar refractivity (Wildman–Crippen MR) is 117 cm³/mol. The van der Waals surface area contributed by atoms with E-state index in [4.69, 9.17) is 4.74 Å². The second kappa shape index (κ2) is 10.7. The average Bonchev–Trinajstić information content (AvgIpc) is 2.74. The number of ether oxygens (including phenoxy) is 1. The molecule has 1 heterocycles. The highest BCUT2D eigenvalue weighted by molar-refractivity contribution is 7.92. The van der Waals surface area contributed by atoms with E-state index in [1.807, 2.05) is 0 Å². The fourth-order valence-corrected chi connectivity index (χ4v) is 3.86. The van der Waals surface area contributed by atoms with Crippen molar-refractivity contribution in [2.75, 3.05) is 37.2 Å². The first-order valence-corrected chi connectivity index (χ1v) is 11.9. The van der Waals surface area contributed by atoms with Crippen LogP contribution >= 0.6 is 0 Å². The standard InChI is InChI=1S/C21H26F2N4O4S/c1-32(29,30)26-17-5-2-15(3-6-17)11-24-21(28)25-12-18-14-27(8-9-31-18)13-16-4-7-19(22)20(23)10-16/h2-7,10,18,26H,8-9,11-14H2,1H3,(H2,24,25,28)/t18-/m0/s1. The summed E-state index contributed by atoms with van der Waals surface area (Å²) in [7, 11) is -3.34. The Morgan fingerprint density at radius 2 is 1.81 bits per heavy atom. The van der Waals surface area contributed by atoms with Crippen molar-refractivity contribution in [3.63, 3.8) is 0 Å². The predicted octanol–water partition coefficient (Wildman–Crippen LogP) is 2.04. The van der Waals surface area contributed by atoms with Crippen LogP contribution in [-0.4, -0.2) is 57.9 Å². The lowest BCUT2D eigenvalue weighted by Crippen LogP contribution is -2.48. The van der Waals surface area contributed by atoms with Crippen molar-refractivity contribution in [3.8, 4) is 0 Å². The number of sulfonamides is 1. The fourth-order valence-electron chi connectivity index (χ4n) is 3.30. The highest BCUT2D eigenvalue weighted by atomic mass is 32.2. The second-order valence-corrected chi connectivity index (χ2v) is 9.36. The number of rotatable bonds is 8. The lowest BCUT2D eigenvalue weighted by Gasteiger charge is -2.33. The van der Waals surface area contributed by atoms with Crippen molar-refractivity contribution >= 4 is 21.7 Å². The number of hydrogen-bond donors (Lipinski definition) is 3. The van der Waals surface area contributed by atoms with Crippen molar-refractivity contribution in [2.45, 2.75) is 19.2 Å². The molecule has 2 aromatic rings. The van der Waals surface area contributed by atoms with E-state index in [0.29, 0.717) is 44.0 Å². The third kappa shape index (κ3) is 7.74. The van der Waals surface area contributed by atoms with Crippen molar-refractivity contribution in [2.24, 2.45) is 0 Å². The summed E-state index contributed by atoms with van der Waals surface area (Å²) >= 11 is 0. The largest absolute Gasteiger partial charge is 0.374 e. The molecule has 1 saturated heterocycles. The molecule has 2 aromatic carbocycles. The monoisotopic (exact) mass is 468 g/mol. The number of carbonyl (C=O) groups excluding carboxylic acids is 1. The number of carbonyl (C=O) groups is 1. The van der Waals surface area contributed by atoms with Crippen LogP contribution in [0.5, 0.6) is 0 Å². The molecule has 0 spiro atoms. The number of urea groups is 1. The minimum absolute atomic E-state index is 0.221. The van der Waals surface area contributed by atoms with Gasteiger partial charge in [0, 0.05) is 38.4 Å². The number of nitrogens with zero attached hydrogens (tertiary/aromatic N) is 1. The molecule has 0 aromatic heterocycles. The second-order valence-electron chi connectivity index (χ2n) is 7.61. The molecule has 11 heteroatoms. The van der Waals surface area contributed by atoms with Crippen LogP contribution in [0.4, 0.5) is 19.3 Å². The van der Waals surface area contributed by atoms with Crippen molar-refractivity contribution in [1.29, 1.82) is 0 Å². The molecular weight excluding hydrogens is 442 g/mol. The lowest BCUT2D eigenvalue weighted by atomic mass is 10.1. The van der Waals surface area contributed by atoms with E-state index in [2.05, 4.69) is 20.3 Å². The van der Waals surface area contributed by atoms with Gasteiger partial charge in [-0.1, -0.05) is 18.2 Å². The van der Waals surface area contributed by atoms with Crippen LogP contribution in [0.15, 0.2) is 42.5 Å².